The van der Waals surface area contributed by atoms with E-state index in [1.165, 1.54) is 33.6 Å². The van der Waals surface area contributed by atoms with Crippen molar-refractivity contribution in [1.82, 2.24) is 19.7 Å². The van der Waals surface area contributed by atoms with Crippen LogP contribution in [0.3, 0.4) is 0 Å². The van der Waals surface area contributed by atoms with Crippen LogP contribution in [0, 0.1) is 0 Å². The number of aryl methyl sites for hydroxylation is 1. The normalized spacial score (nSPS) is 16.7. The van der Waals surface area contributed by atoms with Crippen molar-refractivity contribution in [3.8, 4) is 0 Å². The summed E-state index contributed by atoms with van der Waals surface area (Å²) in [6, 6.07) is 9.22. The van der Waals surface area contributed by atoms with Crippen LogP contribution in [0.15, 0.2) is 77.9 Å². The van der Waals surface area contributed by atoms with Gasteiger partial charge in [-0.2, -0.15) is 0 Å². The molecule has 1 aromatic carbocycles. The predicted molar refractivity (Wildman–Crippen MR) is 191 cm³/mol. The Morgan fingerprint density at radius 3 is 2.34 bits per heavy atom. The summed E-state index contributed by atoms with van der Waals surface area (Å²) in [5.74, 6) is 0. The van der Waals surface area contributed by atoms with E-state index in [0.717, 1.165) is 82.6 Å². The molecule has 4 rings (SSSR count). The molecule has 0 spiro atoms. The Morgan fingerprint density at radius 2 is 1.70 bits per heavy atom. The van der Waals surface area contributed by atoms with E-state index in [9.17, 15) is 0 Å². The third-order valence-electron chi connectivity index (χ3n) is 7.83. The molecule has 0 amide bonds. The topological polar surface area (TPSA) is 61.0 Å². The molecule has 1 saturated heterocycles. The van der Waals surface area contributed by atoms with Crippen molar-refractivity contribution < 1.29 is 0 Å². The second-order valence-corrected chi connectivity index (χ2v) is 11.6. The van der Waals surface area contributed by atoms with Gasteiger partial charge in [-0.05, 0) is 81.5 Å². The first-order valence-corrected chi connectivity index (χ1v) is 16.8. The van der Waals surface area contributed by atoms with E-state index in [2.05, 4.69) is 90.5 Å². The largest absolute Gasteiger partial charge is 0.372 e. The lowest BCUT2D eigenvalue weighted by Gasteiger charge is -2.34. The molecule has 242 valence electrons. The summed E-state index contributed by atoms with van der Waals surface area (Å²) in [6.07, 6.45) is 15.4. The highest BCUT2D eigenvalue weighted by Gasteiger charge is 2.20. The van der Waals surface area contributed by atoms with Crippen molar-refractivity contribution in [3.05, 3.63) is 101 Å². The highest BCUT2D eigenvalue weighted by atomic mass is 15.2. The Morgan fingerprint density at radius 1 is 1.02 bits per heavy atom. The van der Waals surface area contributed by atoms with Crippen molar-refractivity contribution in [3.63, 3.8) is 0 Å². The van der Waals surface area contributed by atoms with Crippen molar-refractivity contribution in [2.45, 2.75) is 93.3 Å². The predicted octanol–water partition coefficient (Wildman–Crippen LogP) is 7.39. The molecule has 1 aromatic heterocycles. The Balaban J connectivity index is 0.00000127. The van der Waals surface area contributed by atoms with Crippen LogP contribution in [0.1, 0.15) is 89.1 Å². The monoisotopic (exact) mass is 600 g/mol. The summed E-state index contributed by atoms with van der Waals surface area (Å²) in [5, 5.41) is 0. The molecular weight excluding hydrogens is 540 g/mol. The van der Waals surface area contributed by atoms with Gasteiger partial charge in [0.2, 0.25) is 0 Å². The quantitative estimate of drug-likeness (QED) is 0.228. The fourth-order valence-corrected chi connectivity index (χ4v) is 5.65. The van der Waals surface area contributed by atoms with E-state index in [1.54, 1.807) is 6.08 Å². The van der Waals surface area contributed by atoms with Gasteiger partial charge in [-0.15, -0.1) is 6.58 Å². The Bertz CT molecular complexity index is 1230. The maximum Gasteiger partial charge on any atom is 0.0948 e. The third-order valence-corrected chi connectivity index (χ3v) is 7.83. The number of hydrogen-bond donors (Lipinski definition) is 1. The van der Waals surface area contributed by atoms with E-state index < -0.39 is 0 Å². The Kier molecular flexibility index (Phi) is 16.8. The minimum atomic E-state index is -0.250. The molecule has 0 saturated carbocycles. The number of benzene rings is 1. The number of aromatic nitrogens is 1. The van der Waals surface area contributed by atoms with E-state index in [-0.39, 0.29) is 6.17 Å². The maximum atomic E-state index is 6.18. The number of piperazine rings is 1. The molecule has 2 aliphatic rings. The molecule has 6 nitrogen and oxygen atoms in total. The van der Waals surface area contributed by atoms with Gasteiger partial charge in [-0.3, -0.25) is 9.98 Å². The molecular formula is C38H60N6. The van der Waals surface area contributed by atoms with E-state index in [1.807, 2.05) is 40.1 Å². The van der Waals surface area contributed by atoms with Gasteiger partial charge >= 0.3 is 0 Å². The van der Waals surface area contributed by atoms with Gasteiger partial charge in [0, 0.05) is 75.0 Å². The lowest BCUT2D eigenvalue weighted by atomic mass is 9.94. The highest BCUT2D eigenvalue weighted by Crippen LogP contribution is 2.26. The molecule has 1 atom stereocenters. The van der Waals surface area contributed by atoms with Crippen LogP contribution in [0.2, 0.25) is 0 Å². The van der Waals surface area contributed by atoms with Gasteiger partial charge in [-0.25, -0.2) is 0 Å². The summed E-state index contributed by atoms with van der Waals surface area (Å²) in [5.41, 5.74) is 16.4. The van der Waals surface area contributed by atoms with Crippen LogP contribution in [0.4, 0.5) is 0 Å². The Hall–Kier alpha value is -3.22. The first-order chi connectivity index (χ1) is 21.3. The molecule has 0 radical (unpaired) electrons. The number of nitrogens with zero attached hydrogens (tertiary/aromatic N) is 5. The SMILES string of the molecule is C=CC.CC.CC/C=C(/Cc1cncc(CCC)c1)N1CCc2ccc(C(/C=C(\C)N3CCN(C)CC3)=N/C(C)N)cc2C1. The van der Waals surface area contributed by atoms with Gasteiger partial charge < -0.3 is 20.4 Å². The third kappa shape index (κ3) is 11.7. The standard InChI is InChI=1S/C33H48N6.C3H6.C2H6/c1-6-8-27-19-28(23-35-22-27)20-32(9-7-2)39-13-12-29-10-11-30(21-31(29)24-39)33(36-26(4)34)18-25(3)38-16-14-37(5)15-17-38;1-3-2;1-2/h9-11,18-19,21-23,26H,6-8,12-17,20,24,34H2,1-5H3;3H,1H2,2H3;1-2H3/b25-18+,32-9-,36-33+;;. The number of rotatable bonds is 10. The lowest BCUT2D eigenvalue weighted by Crippen LogP contribution is -2.43. The molecule has 0 bridgehead atoms. The summed E-state index contributed by atoms with van der Waals surface area (Å²) < 4.78 is 0. The van der Waals surface area contributed by atoms with Gasteiger partial charge in [0.25, 0.3) is 0 Å². The van der Waals surface area contributed by atoms with Crippen molar-refractivity contribution in [2.24, 2.45) is 10.7 Å². The fraction of sp³-hybridized carbons (Fsp3) is 0.526. The molecule has 2 aliphatic heterocycles. The molecule has 1 unspecified atom stereocenters. The number of likely N-dealkylation sites (N-methyl/N-ethyl adjacent to an activating group) is 1. The van der Waals surface area contributed by atoms with Crippen LogP contribution in [-0.4, -0.2) is 71.3 Å². The minimum absolute atomic E-state index is 0.250. The number of aliphatic imine (C=N–C) groups is 1. The molecule has 1 fully saturated rings. The lowest BCUT2D eigenvalue weighted by molar-refractivity contribution is 0.187. The van der Waals surface area contributed by atoms with Gasteiger partial charge in [-0.1, -0.05) is 64.5 Å². The van der Waals surface area contributed by atoms with Crippen molar-refractivity contribution in [1.29, 1.82) is 0 Å². The number of allylic oxidation sites excluding steroid dienone is 5. The smallest absolute Gasteiger partial charge is 0.0948 e. The molecule has 44 heavy (non-hydrogen) atoms. The number of hydrogen-bond acceptors (Lipinski definition) is 6. The molecule has 0 aliphatic carbocycles. The zero-order valence-electron chi connectivity index (χ0n) is 29.1. The first kappa shape index (κ1) is 37.0. The first-order valence-electron chi connectivity index (χ1n) is 16.8. The molecule has 2 aromatic rings. The van der Waals surface area contributed by atoms with E-state index in [4.69, 9.17) is 10.7 Å². The van der Waals surface area contributed by atoms with Crippen LogP contribution < -0.4 is 5.73 Å². The number of pyridine rings is 1. The zero-order chi connectivity index (χ0) is 32.5. The molecule has 3 heterocycles. The average molecular weight is 601 g/mol. The average Bonchev–Trinajstić information content (AvgIpc) is 3.02. The van der Waals surface area contributed by atoms with Crippen molar-refractivity contribution in [2.75, 3.05) is 39.8 Å². The van der Waals surface area contributed by atoms with Gasteiger partial charge in [0.15, 0.2) is 0 Å². The van der Waals surface area contributed by atoms with Crippen LogP contribution in [-0.2, 0) is 25.8 Å². The maximum absolute atomic E-state index is 6.18. The van der Waals surface area contributed by atoms with E-state index in [0.29, 0.717) is 0 Å². The highest BCUT2D eigenvalue weighted by molar-refractivity contribution is 6.09. The summed E-state index contributed by atoms with van der Waals surface area (Å²) in [4.78, 5) is 16.8. The second-order valence-electron chi connectivity index (χ2n) is 11.6. The summed E-state index contributed by atoms with van der Waals surface area (Å²) >= 11 is 0. The van der Waals surface area contributed by atoms with Crippen LogP contribution in [0.5, 0.6) is 0 Å². The number of fused-ring (bicyclic) bond motifs is 1. The Labute approximate surface area is 269 Å². The number of nitrogens with two attached hydrogens (primary N) is 1. The summed E-state index contributed by atoms with van der Waals surface area (Å²) in [6.45, 7) is 24.1. The van der Waals surface area contributed by atoms with Crippen LogP contribution >= 0.6 is 0 Å². The minimum Gasteiger partial charge on any atom is -0.372 e. The molecule has 6 heteroatoms. The summed E-state index contributed by atoms with van der Waals surface area (Å²) in [7, 11) is 2.19. The fourth-order valence-electron chi connectivity index (χ4n) is 5.65. The zero-order valence-corrected chi connectivity index (χ0v) is 29.1. The second kappa shape index (κ2) is 19.9. The van der Waals surface area contributed by atoms with E-state index >= 15 is 0 Å². The van der Waals surface area contributed by atoms with Gasteiger partial charge in [0.1, 0.15) is 0 Å². The van der Waals surface area contributed by atoms with Crippen LogP contribution in [0.25, 0.3) is 0 Å². The molecule has 2 N–H and O–H groups in total. The van der Waals surface area contributed by atoms with Gasteiger partial charge in [0.05, 0.1) is 11.9 Å². The van der Waals surface area contributed by atoms with Crippen molar-refractivity contribution >= 4 is 5.71 Å².